The predicted molar refractivity (Wildman–Crippen MR) is 147 cm³/mol. The van der Waals surface area contributed by atoms with Crippen LogP contribution in [0.3, 0.4) is 0 Å². The zero-order valence-electron chi connectivity index (χ0n) is 21.8. The fourth-order valence-corrected chi connectivity index (χ4v) is 3.85. The van der Waals surface area contributed by atoms with Crippen LogP contribution in [0.2, 0.25) is 5.02 Å². The smallest absolute Gasteiger partial charge is 0.412 e. The lowest BCUT2D eigenvalue weighted by atomic mass is 10.1. The Kier molecular flexibility index (Phi) is 11.4. The number of hydrogen-bond donors (Lipinski definition) is 5. The molecule has 3 rings (SSSR count). The van der Waals surface area contributed by atoms with Gasteiger partial charge in [0.05, 0.1) is 17.7 Å². The van der Waals surface area contributed by atoms with E-state index in [0.717, 1.165) is 10.8 Å². The normalized spacial score (nSPS) is 12.3. The van der Waals surface area contributed by atoms with E-state index in [1.807, 2.05) is 0 Å². The highest BCUT2D eigenvalue weighted by atomic mass is 35.5. The number of aliphatic hydroxyl groups excluding tert-OH is 1. The lowest BCUT2D eigenvalue weighted by molar-refractivity contribution is -0.123. The number of carbonyl (C=O) groups excluding carboxylic acids is 3. The number of likely N-dealkylation sites (N-methyl/N-ethyl adjacent to an activating group) is 1. The van der Waals surface area contributed by atoms with Gasteiger partial charge in [-0.2, -0.15) is 0 Å². The molecule has 6 N–H and O–H groups in total. The van der Waals surface area contributed by atoms with E-state index in [9.17, 15) is 18.8 Å². The number of nitrogens with two attached hydrogens (primary N) is 1. The average Bonchev–Trinajstić information content (AvgIpc) is 2.96. The summed E-state index contributed by atoms with van der Waals surface area (Å²) in [5, 5.41) is 18.4. The van der Waals surface area contributed by atoms with Gasteiger partial charge in [0.15, 0.2) is 0 Å². The SMILES string of the molecule is CN(C(=O)NCc1cccc(F)c1Cl)[C@@H](CCCNC(=O)[C@@H](N)CO)COC(=O)Nc1cc2ccncc2cn1. The fourth-order valence-electron chi connectivity index (χ4n) is 3.66. The molecule has 12 nitrogen and oxygen atoms in total. The van der Waals surface area contributed by atoms with Crippen LogP contribution in [0.5, 0.6) is 0 Å². The molecule has 0 fully saturated rings. The molecule has 0 spiro atoms. The maximum Gasteiger partial charge on any atom is 0.412 e. The first-order valence-corrected chi connectivity index (χ1v) is 12.8. The number of halogens is 2. The third-order valence-corrected chi connectivity index (χ3v) is 6.46. The van der Waals surface area contributed by atoms with Gasteiger partial charge in [0.25, 0.3) is 0 Å². The molecule has 14 heteroatoms. The van der Waals surface area contributed by atoms with Crippen molar-refractivity contribution in [2.24, 2.45) is 5.73 Å². The molecule has 1 aromatic carbocycles. The van der Waals surface area contributed by atoms with Crippen molar-refractivity contribution in [1.82, 2.24) is 25.5 Å². The fraction of sp³-hybridized carbons (Fsp3) is 0.346. The van der Waals surface area contributed by atoms with E-state index in [0.29, 0.717) is 18.4 Å². The summed E-state index contributed by atoms with van der Waals surface area (Å²) in [6.45, 7) is -0.456. The van der Waals surface area contributed by atoms with Gasteiger partial charge in [0.1, 0.15) is 24.3 Å². The van der Waals surface area contributed by atoms with Crippen molar-refractivity contribution < 1.29 is 28.6 Å². The molecule has 0 saturated carbocycles. The Balaban J connectivity index is 1.59. The van der Waals surface area contributed by atoms with Gasteiger partial charge in [-0.15, -0.1) is 0 Å². The Bertz CT molecular complexity index is 1330. The summed E-state index contributed by atoms with van der Waals surface area (Å²) in [6.07, 6.45) is 4.83. The number of hydrogen-bond acceptors (Lipinski definition) is 8. The second-order valence-electron chi connectivity index (χ2n) is 8.87. The van der Waals surface area contributed by atoms with Crippen molar-refractivity contribution in [3.05, 3.63) is 65.3 Å². The molecule has 2 aromatic heterocycles. The van der Waals surface area contributed by atoms with Crippen molar-refractivity contribution in [2.75, 3.05) is 32.1 Å². The first-order valence-electron chi connectivity index (χ1n) is 12.4. The molecule has 3 aromatic rings. The molecule has 0 radical (unpaired) electrons. The molecular weight excluding hydrogens is 545 g/mol. The van der Waals surface area contributed by atoms with Gasteiger partial charge < -0.3 is 31.1 Å². The molecule has 2 heterocycles. The number of aliphatic hydroxyl groups is 1. The number of pyridine rings is 2. The number of carbonyl (C=O) groups is 3. The van der Waals surface area contributed by atoms with Crippen LogP contribution in [0.1, 0.15) is 18.4 Å². The highest BCUT2D eigenvalue weighted by Gasteiger charge is 2.22. The van der Waals surface area contributed by atoms with Crippen molar-refractivity contribution in [2.45, 2.75) is 31.5 Å². The van der Waals surface area contributed by atoms with Crippen LogP contribution in [0.15, 0.2) is 48.9 Å². The van der Waals surface area contributed by atoms with Crippen LogP contribution in [-0.2, 0) is 16.1 Å². The number of aromatic nitrogens is 2. The van der Waals surface area contributed by atoms with Gasteiger partial charge in [-0.05, 0) is 42.0 Å². The molecule has 0 unspecified atom stereocenters. The quantitative estimate of drug-likeness (QED) is 0.205. The van der Waals surface area contributed by atoms with E-state index in [-0.39, 0.29) is 30.5 Å². The standard InChI is InChI=1S/C26H31ClFN7O5/c1-35(25(38)33-12-17-4-2-6-20(28)23(17)27)19(5-3-8-31-24(37)21(29)14-36)15-40-26(39)34-22-10-16-7-9-30-11-18(16)13-32-22/h2,4,6-7,9-11,13,19,21,36H,3,5,8,12,14-15,29H2,1H3,(H,31,37)(H,33,38)(H,32,34,39)/t19-,21-/m0/s1. The Labute approximate surface area is 235 Å². The average molecular weight is 576 g/mol. The van der Waals surface area contributed by atoms with Gasteiger partial charge in [-0.1, -0.05) is 23.7 Å². The van der Waals surface area contributed by atoms with E-state index in [2.05, 4.69) is 25.9 Å². The Morgan fingerprint density at radius 1 is 1.20 bits per heavy atom. The number of amides is 4. The van der Waals surface area contributed by atoms with Gasteiger partial charge in [0, 0.05) is 44.1 Å². The van der Waals surface area contributed by atoms with Crippen LogP contribution in [-0.4, -0.2) is 76.9 Å². The number of ether oxygens (including phenoxy) is 1. The van der Waals surface area contributed by atoms with E-state index in [1.165, 1.54) is 24.1 Å². The molecule has 40 heavy (non-hydrogen) atoms. The highest BCUT2D eigenvalue weighted by Crippen LogP contribution is 2.19. The van der Waals surface area contributed by atoms with Crippen LogP contribution in [0.4, 0.5) is 19.8 Å². The number of urea groups is 1. The van der Waals surface area contributed by atoms with E-state index < -0.39 is 42.5 Å². The summed E-state index contributed by atoms with van der Waals surface area (Å²) in [4.78, 5) is 46.7. The maximum absolute atomic E-state index is 13.7. The summed E-state index contributed by atoms with van der Waals surface area (Å²) in [5.41, 5.74) is 5.89. The number of rotatable bonds is 12. The van der Waals surface area contributed by atoms with Crippen LogP contribution < -0.4 is 21.7 Å². The van der Waals surface area contributed by atoms with Gasteiger partial charge >= 0.3 is 12.1 Å². The van der Waals surface area contributed by atoms with Crippen LogP contribution in [0, 0.1) is 5.82 Å². The Morgan fingerprint density at radius 3 is 2.77 bits per heavy atom. The van der Waals surface area contributed by atoms with Crippen molar-refractivity contribution >= 4 is 46.2 Å². The Hall–Kier alpha value is -4.07. The first kappa shape index (κ1) is 30.5. The third-order valence-electron chi connectivity index (χ3n) is 6.04. The zero-order chi connectivity index (χ0) is 29.1. The van der Waals surface area contributed by atoms with Gasteiger partial charge in [-0.25, -0.2) is 19.0 Å². The molecule has 0 aliphatic rings. The molecule has 0 aliphatic heterocycles. The second kappa shape index (κ2) is 14.9. The van der Waals surface area contributed by atoms with Crippen molar-refractivity contribution in [1.29, 1.82) is 0 Å². The molecule has 0 aliphatic carbocycles. The monoisotopic (exact) mass is 575 g/mol. The second-order valence-corrected chi connectivity index (χ2v) is 9.25. The number of anilines is 1. The summed E-state index contributed by atoms with van der Waals surface area (Å²) in [5.74, 6) is -0.827. The molecule has 214 valence electrons. The summed E-state index contributed by atoms with van der Waals surface area (Å²) in [7, 11) is 1.52. The minimum atomic E-state index is -1.04. The predicted octanol–water partition coefficient (Wildman–Crippen LogP) is 2.40. The maximum atomic E-state index is 13.7. The number of nitrogens with zero attached hydrogens (tertiary/aromatic N) is 3. The van der Waals surface area contributed by atoms with Crippen molar-refractivity contribution in [3.8, 4) is 0 Å². The largest absolute Gasteiger partial charge is 0.447 e. The third kappa shape index (κ3) is 8.73. The van der Waals surface area contributed by atoms with E-state index >= 15 is 0 Å². The lowest BCUT2D eigenvalue weighted by Gasteiger charge is -2.28. The first-order chi connectivity index (χ1) is 19.2. The molecule has 4 amide bonds. The number of fused-ring (bicyclic) bond motifs is 1. The lowest BCUT2D eigenvalue weighted by Crippen LogP contribution is -2.46. The highest BCUT2D eigenvalue weighted by molar-refractivity contribution is 6.31. The molecular formula is C26H31ClFN7O5. The number of nitrogens with one attached hydrogen (secondary N) is 3. The van der Waals surface area contributed by atoms with E-state index in [1.54, 1.807) is 36.8 Å². The van der Waals surface area contributed by atoms with Gasteiger partial charge in [-0.3, -0.25) is 15.1 Å². The molecule has 0 saturated heterocycles. The topological polar surface area (TPSA) is 172 Å². The van der Waals surface area contributed by atoms with E-state index in [4.69, 9.17) is 27.2 Å². The summed E-state index contributed by atoms with van der Waals surface area (Å²) < 4.78 is 19.1. The zero-order valence-corrected chi connectivity index (χ0v) is 22.5. The van der Waals surface area contributed by atoms with Crippen molar-refractivity contribution in [3.63, 3.8) is 0 Å². The molecule has 0 bridgehead atoms. The van der Waals surface area contributed by atoms with Crippen LogP contribution in [0.25, 0.3) is 10.8 Å². The molecule has 2 atom stereocenters. The minimum absolute atomic E-state index is 0.0217. The minimum Gasteiger partial charge on any atom is -0.447 e. The van der Waals surface area contributed by atoms with Gasteiger partial charge in [0.2, 0.25) is 5.91 Å². The Morgan fingerprint density at radius 2 is 2.00 bits per heavy atom. The summed E-state index contributed by atoms with van der Waals surface area (Å²) in [6, 6.07) is 5.61. The summed E-state index contributed by atoms with van der Waals surface area (Å²) >= 11 is 5.97. The number of benzene rings is 1. The van der Waals surface area contributed by atoms with Crippen LogP contribution >= 0.6 is 11.6 Å².